The predicted octanol–water partition coefficient (Wildman–Crippen LogP) is 2.83. The number of nitrogens with one attached hydrogen (secondary N) is 4. The van der Waals surface area contributed by atoms with E-state index in [0.29, 0.717) is 25.1 Å². The van der Waals surface area contributed by atoms with Gasteiger partial charge in [0.1, 0.15) is 5.84 Å². The van der Waals surface area contributed by atoms with Crippen LogP contribution in [0.25, 0.3) is 11.1 Å². The van der Waals surface area contributed by atoms with E-state index in [1.807, 2.05) is 49.5 Å². The van der Waals surface area contributed by atoms with Gasteiger partial charge in [0, 0.05) is 56.5 Å². The molecule has 0 radical (unpaired) electrons. The van der Waals surface area contributed by atoms with E-state index in [9.17, 15) is 9.59 Å². The van der Waals surface area contributed by atoms with E-state index in [2.05, 4.69) is 16.0 Å². The number of rotatable bonds is 5. The van der Waals surface area contributed by atoms with Gasteiger partial charge in [-0.05, 0) is 35.4 Å². The topological polar surface area (TPSA) is 97.3 Å². The molecule has 7 heteroatoms. The molecule has 0 fully saturated rings. The molecule has 156 valence electrons. The molecule has 0 spiro atoms. The van der Waals surface area contributed by atoms with Gasteiger partial charge >= 0.3 is 0 Å². The van der Waals surface area contributed by atoms with Crippen LogP contribution in [0.2, 0.25) is 0 Å². The molecule has 2 amide bonds. The first-order valence-corrected chi connectivity index (χ1v) is 9.86. The summed E-state index contributed by atoms with van der Waals surface area (Å²) in [6.45, 7) is 2.63. The second-order valence-corrected chi connectivity index (χ2v) is 7.13. The average Bonchev–Trinajstić information content (AvgIpc) is 2.78. The largest absolute Gasteiger partial charge is 0.391 e. The highest BCUT2D eigenvalue weighted by atomic mass is 16.2. The van der Waals surface area contributed by atoms with Crippen LogP contribution < -0.4 is 16.0 Å². The third kappa shape index (κ3) is 4.68. The lowest BCUT2D eigenvalue weighted by Gasteiger charge is -2.30. The van der Waals surface area contributed by atoms with Gasteiger partial charge in [0.2, 0.25) is 5.91 Å². The number of amides is 2. The maximum atomic E-state index is 11.9. The summed E-state index contributed by atoms with van der Waals surface area (Å²) in [5, 5.41) is 17.4. The van der Waals surface area contributed by atoms with Crippen molar-refractivity contribution in [3.63, 3.8) is 0 Å². The molecule has 0 saturated carbocycles. The Morgan fingerprint density at radius 2 is 1.77 bits per heavy atom. The summed E-state index contributed by atoms with van der Waals surface area (Å²) in [5.41, 5.74) is 5.09. The lowest BCUT2D eigenvalue weighted by atomic mass is 10.0. The van der Waals surface area contributed by atoms with E-state index in [1.165, 1.54) is 0 Å². The zero-order valence-corrected chi connectivity index (χ0v) is 17.5. The van der Waals surface area contributed by atoms with Crippen molar-refractivity contribution in [1.82, 2.24) is 15.5 Å². The molecule has 7 nitrogen and oxygen atoms in total. The second-order valence-electron chi connectivity index (χ2n) is 7.13. The highest BCUT2D eigenvalue weighted by molar-refractivity contribution is 6.07. The van der Waals surface area contributed by atoms with E-state index in [4.69, 9.17) is 5.41 Å². The van der Waals surface area contributed by atoms with E-state index in [-0.39, 0.29) is 17.6 Å². The minimum absolute atomic E-state index is 0.0128. The summed E-state index contributed by atoms with van der Waals surface area (Å²) in [6, 6.07) is 15.2. The normalized spacial score (nSPS) is 13.6. The molecule has 1 aliphatic heterocycles. The first-order valence-electron chi connectivity index (χ1n) is 9.86. The van der Waals surface area contributed by atoms with E-state index in [1.54, 1.807) is 24.9 Å². The molecule has 0 atom stereocenters. The van der Waals surface area contributed by atoms with E-state index >= 15 is 0 Å². The quantitative estimate of drug-likeness (QED) is 0.454. The van der Waals surface area contributed by atoms with Crippen molar-refractivity contribution in [2.45, 2.75) is 13.3 Å². The van der Waals surface area contributed by atoms with Crippen LogP contribution in [-0.2, 0) is 4.79 Å². The molecule has 0 aromatic heterocycles. The lowest BCUT2D eigenvalue weighted by molar-refractivity contribution is -0.128. The fourth-order valence-corrected chi connectivity index (χ4v) is 3.49. The number of anilines is 1. The molecular weight excluding hydrogens is 378 g/mol. The van der Waals surface area contributed by atoms with Gasteiger partial charge in [-0.2, -0.15) is 0 Å². The number of carbonyl (C=O) groups is 2. The van der Waals surface area contributed by atoms with Crippen molar-refractivity contribution in [1.29, 1.82) is 5.41 Å². The lowest BCUT2D eigenvalue weighted by Crippen LogP contribution is -2.40. The molecule has 0 aliphatic carbocycles. The molecular formula is C23H27N5O2. The van der Waals surface area contributed by atoms with Crippen molar-refractivity contribution in [2.24, 2.45) is 0 Å². The molecule has 0 saturated heterocycles. The predicted molar refractivity (Wildman–Crippen MR) is 120 cm³/mol. The second kappa shape index (κ2) is 9.26. The van der Waals surface area contributed by atoms with Crippen LogP contribution in [0.15, 0.2) is 59.8 Å². The Kier molecular flexibility index (Phi) is 6.51. The monoisotopic (exact) mass is 405 g/mol. The van der Waals surface area contributed by atoms with Crippen LogP contribution in [0, 0.1) is 5.41 Å². The van der Waals surface area contributed by atoms with Gasteiger partial charge in [-0.25, -0.2) is 0 Å². The SMILES string of the molecule is CNC(=O)c1cccc(-c2ccc(NC(=N)C3=C(NC)CCN(C(C)=O)C3)cc2)c1. The maximum Gasteiger partial charge on any atom is 0.251 e. The summed E-state index contributed by atoms with van der Waals surface area (Å²) in [6.07, 6.45) is 0.704. The molecule has 0 unspecified atom stereocenters. The Bertz CT molecular complexity index is 995. The summed E-state index contributed by atoms with van der Waals surface area (Å²) < 4.78 is 0. The van der Waals surface area contributed by atoms with Gasteiger partial charge in [-0.1, -0.05) is 24.3 Å². The first-order chi connectivity index (χ1) is 14.4. The van der Waals surface area contributed by atoms with Crippen LogP contribution in [-0.4, -0.2) is 49.7 Å². The number of hydrogen-bond donors (Lipinski definition) is 4. The first kappa shape index (κ1) is 21.1. The van der Waals surface area contributed by atoms with Gasteiger partial charge in [0.05, 0.1) is 6.54 Å². The van der Waals surface area contributed by atoms with Crippen molar-refractivity contribution in [3.05, 3.63) is 65.4 Å². The summed E-state index contributed by atoms with van der Waals surface area (Å²) in [4.78, 5) is 25.4. The Morgan fingerprint density at radius 1 is 1.03 bits per heavy atom. The third-order valence-electron chi connectivity index (χ3n) is 5.23. The van der Waals surface area contributed by atoms with Crippen molar-refractivity contribution < 1.29 is 9.59 Å². The number of benzene rings is 2. The summed E-state index contributed by atoms with van der Waals surface area (Å²) in [5.74, 6) is 0.169. The standard InChI is InChI=1S/C23H27N5O2/c1-15(29)28-12-11-21(25-2)20(14-28)22(24)27-19-9-7-16(8-10-19)17-5-4-6-18(13-17)23(30)26-3/h4-10,13,25H,11-12,14H2,1-3H3,(H2,24,27)(H,26,30). The zero-order chi connectivity index (χ0) is 21.7. The Labute approximate surface area is 176 Å². The van der Waals surface area contributed by atoms with Crippen molar-refractivity contribution in [2.75, 3.05) is 32.5 Å². The minimum atomic E-state index is -0.121. The fourth-order valence-electron chi connectivity index (χ4n) is 3.49. The van der Waals surface area contributed by atoms with Gasteiger partial charge in [-0.15, -0.1) is 0 Å². The van der Waals surface area contributed by atoms with Crippen LogP contribution in [0.4, 0.5) is 5.69 Å². The Morgan fingerprint density at radius 3 is 2.40 bits per heavy atom. The minimum Gasteiger partial charge on any atom is -0.391 e. The molecule has 0 bridgehead atoms. The van der Waals surface area contributed by atoms with E-state index in [0.717, 1.165) is 28.1 Å². The Hall–Kier alpha value is -3.61. The summed E-state index contributed by atoms with van der Waals surface area (Å²) >= 11 is 0. The van der Waals surface area contributed by atoms with Crippen molar-refractivity contribution in [3.8, 4) is 11.1 Å². The van der Waals surface area contributed by atoms with Crippen LogP contribution in [0.1, 0.15) is 23.7 Å². The summed E-state index contributed by atoms with van der Waals surface area (Å²) in [7, 11) is 3.45. The number of carbonyl (C=O) groups excluding carboxylic acids is 2. The molecule has 3 rings (SSSR count). The maximum absolute atomic E-state index is 11.9. The number of hydrogen-bond acceptors (Lipinski definition) is 4. The average molecular weight is 406 g/mol. The molecule has 4 N–H and O–H groups in total. The van der Waals surface area contributed by atoms with Crippen LogP contribution in [0.3, 0.4) is 0 Å². The molecule has 1 heterocycles. The highest BCUT2D eigenvalue weighted by Crippen LogP contribution is 2.24. The van der Waals surface area contributed by atoms with Crippen LogP contribution in [0.5, 0.6) is 0 Å². The van der Waals surface area contributed by atoms with Gasteiger partial charge in [0.25, 0.3) is 5.91 Å². The number of nitrogens with zero attached hydrogens (tertiary/aromatic N) is 1. The number of amidine groups is 1. The fraction of sp³-hybridized carbons (Fsp3) is 0.261. The molecule has 2 aromatic rings. The molecule has 1 aliphatic rings. The zero-order valence-electron chi connectivity index (χ0n) is 17.5. The van der Waals surface area contributed by atoms with Gasteiger partial charge in [-0.3, -0.25) is 15.0 Å². The van der Waals surface area contributed by atoms with E-state index < -0.39 is 0 Å². The third-order valence-corrected chi connectivity index (χ3v) is 5.23. The van der Waals surface area contributed by atoms with Gasteiger partial charge in [0.15, 0.2) is 0 Å². The highest BCUT2D eigenvalue weighted by Gasteiger charge is 2.23. The molecule has 2 aromatic carbocycles. The van der Waals surface area contributed by atoms with Crippen molar-refractivity contribution >= 4 is 23.3 Å². The smallest absolute Gasteiger partial charge is 0.251 e. The molecule has 30 heavy (non-hydrogen) atoms. The Balaban J connectivity index is 1.75. The van der Waals surface area contributed by atoms with Crippen LogP contribution >= 0.6 is 0 Å². The van der Waals surface area contributed by atoms with Gasteiger partial charge < -0.3 is 20.9 Å².